The predicted molar refractivity (Wildman–Crippen MR) is 72.7 cm³/mol. The highest BCUT2D eigenvalue weighted by Crippen LogP contribution is 2.35. The van der Waals surface area contributed by atoms with E-state index in [4.69, 9.17) is 10.5 Å². The number of aromatic nitrogens is 1. The molecule has 3 nitrogen and oxygen atoms in total. The van der Waals surface area contributed by atoms with Gasteiger partial charge in [-0.3, -0.25) is 0 Å². The Labute approximate surface area is 107 Å². The summed E-state index contributed by atoms with van der Waals surface area (Å²) in [6.07, 6.45) is 5.21. The fraction of sp³-hybridized carbons (Fsp3) is 0.267. The third-order valence-electron chi connectivity index (χ3n) is 3.58. The summed E-state index contributed by atoms with van der Waals surface area (Å²) in [6.45, 7) is 0. The molecule has 0 atom stereocenters. The van der Waals surface area contributed by atoms with Crippen LogP contribution in [0.4, 0.5) is 5.69 Å². The largest absolute Gasteiger partial charge is 0.481 e. The molecule has 1 aromatic carbocycles. The molecule has 18 heavy (non-hydrogen) atoms. The van der Waals surface area contributed by atoms with Gasteiger partial charge in [-0.25, -0.2) is 4.98 Å². The van der Waals surface area contributed by atoms with Crippen molar-refractivity contribution in [3.8, 4) is 17.0 Å². The Morgan fingerprint density at radius 3 is 2.94 bits per heavy atom. The van der Waals surface area contributed by atoms with Gasteiger partial charge in [0.05, 0.1) is 7.11 Å². The van der Waals surface area contributed by atoms with Gasteiger partial charge in [-0.05, 0) is 42.0 Å². The third kappa shape index (κ3) is 1.72. The molecule has 0 bridgehead atoms. The number of nitrogens with zero attached hydrogens (tertiary/aromatic N) is 1. The average Bonchev–Trinajstić information content (AvgIpc) is 2.88. The van der Waals surface area contributed by atoms with Gasteiger partial charge in [0.1, 0.15) is 0 Å². The van der Waals surface area contributed by atoms with E-state index in [2.05, 4.69) is 17.1 Å². The third-order valence-corrected chi connectivity index (χ3v) is 3.58. The van der Waals surface area contributed by atoms with Crippen LogP contribution in [0, 0.1) is 0 Å². The number of hydrogen-bond donors (Lipinski definition) is 1. The minimum absolute atomic E-state index is 0.618. The lowest BCUT2D eigenvalue weighted by molar-refractivity contribution is 0.398. The molecule has 2 N–H and O–H groups in total. The van der Waals surface area contributed by atoms with Crippen LogP contribution in [0.2, 0.25) is 0 Å². The first-order valence-corrected chi connectivity index (χ1v) is 6.20. The zero-order chi connectivity index (χ0) is 12.5. The Bertz CT molecular complexity index is 593. The summed E-state index contributed by atoms with van der Waals surface area (Å²) < 4.78 is 5.16. The van der Waals surface area contributed by atoms with Gasteiger partial charge in [0.15, 0.2) is 0 Å². The van der Waals surface area contributed by atoms with E-state index >= 15 is 0 Å². The number of hydrogen-bond acceptors (Lipinski definition) is 3. The van der Waals surface area contributed by atoms with Crippen molar-refractivity contribution in [2.24, 2.45) is 0 Å². The highest BCUT2D eigenvalue weighted by molar-refractivity contribution is 5.80. The second-order valence-corrected chi connectivity index (χ2v) is 4.60. The molecule has 0 saturated heterocycles. The molecule has 0 saturated carbocycles. The van der Waals surface area contributed by atoms with Crippen LogP contribution in [0.3, 0.4) is 0 Å². The highest BCUT2D eigenvalue weighted by atomic mass is 16.5. The number of benzene rings is 1. The second-order valence-electron chi connectivity index (χ2n) is 4.60. The van der Waals surface area contributed by atoms with Gasteiger partial charge < -0.3 is 10.5 Å². The SMILES string of the molecule is COc1cc(-c2ccc3c(c2N)CCC3)ccn1. The molecule has 0 fully saturated rings. The van der Waals surface area contributed by atoms with Crippen molar-refractivity contribution in [2.45, 2.75) is 19.3 Å². The van der Waals surface area contributed by atoms with Gasteiger partial charge in [-0.15, -0.1) is 0 Å². The maximum absolute atomic E-state index is 6.30. The Balaban J connectivity index is 2.11. The molecule has 1 aliphatic rings. The van der Waals surface area contributed by atoms with Crippen LogP contribution in [0.25, 0.3) is 11.1 Å². The van der Waals surface area contributed by atoms with Gasteiger partial charge in [-0.2, -0.15) is 0 Å². The van der Waals surface area contributed by atoms with E-state index in [0.717, 1.165) is 29.7 Å². The molecule has 3 heteroatoms. The van der Waals surface area contributed by atoms with Gasteiger partial charge >= 0.3 is 0 Å². The predicted octanol–water partition coefficient (Wildman–Crippen LogP) is 2.83. The van der Waals surface area contributed by atoms with Gasteiger partial charge in [-0.1, -0.05) is 12.1 Å². The number of nitrogens with two attached hydrogens (primary N) is 1. The Morgan fingerprint density at radius 2 is 2.11 bits per heavy atom. The standard InChI is InChI=1S/C15H16N2O/c1-18-14-9-11(7-8-17-14)13-6-5-10-3-2-4-12(10)15(13)16/h5-9H,2-4,16H2,1H3. The molecule has 1 heterocycles. The second kappa shape index (κ2) is 4.33. The summed E-state index contributed by atoms with van der Waals surface area (Å²) in [6, 6.07) is 8.19. The van der Waals surface area contributed by atoms with Crippen molar-refractivity contribution in [1.29, 1.82) is 0 Å². The number of rotatable bonds is 2. The van der Waals surface area contributed by atoms with E-state index in [1.165, 1.54) is 17.5 Å². The lowest BCUT2D eigenvalue weighted by atomic mass is 9.98. The lowest BCUT2D eigenvalue weighted by Gasteiger charge is -2.11. The average molecular weight is 240 g/mol. The summed E-state index contributed by atoms with van der Waals surface area (Å²) in [5.74, 6) is 0.618. The Kier molecular flexibility index (Phi) is 2.67. The number of ether oxygens (including phenoxy) is 1. The first-order valence-electron chi connectivity index (χ1n) is 6.20. The summed E-state index contributed by atoms with van der Waals surface area (Å²) in [5.41, 5.74) is 12.1. The number of nitrogen functional groups attached to an aromatic ring is 1. The summed E-state index contributed by atoms with van der Waals surface area (Å²) in [4.78, 5) is 4.12. The molecule has 1 aromatic heterocycles. The van der Waals surface area contributed by atoms with E-state index in [-0.39, 0.29) is 0 Å². The minimum atomic E-state index is 0.618. The summed E-state index contributed by atoms with van der Waals surface area (Å²) >= 11 is 0. The molecular weight excluding hydrogens is 224 g/mol. The van der Waals surface area contributed by atoms with Crippen LogP contribution in [-0.4, -0.2) is 12.1 Å². The number of aryl methyl sites for hydroxylation is 1. The van der Waals surface area contributed by atoms with E-state index in [1.807, 2.05) is 12.1 Å². The fourth-order valence-corrected chi connectivity index (χ4v) is 2.64. The van der Waals surface area contributed by atoms with Crippen LogP contribution in [0.15, 0.2) is 30.5 Å². The molecule has 0 aliphatic heterocycles. The number of methoxy groups -OCH3 is 1. The zero-order valence-corrected chi connectivity index (χ0v) is 10.4. The molecule has 0 spiro atoms. The summed E-state index contributed by atoms with van der Waals surface area (Å²) in [5, 5.41) is 0. The topological polar surface area (TPSA) is 48.1 Å². The van der Waals surface area contributed by atoms with Crippen molar-refractivity contribution >= 4 is 5.69 Å². The molecule has 0 unspecified atom stereocenters. The van der Waals surface area contributed by atoms with Crippen LogP contribution < -0.4 is 10.5 Å². The molecule has 0 amide bonds. The normalized spacial score (nSPS) is 13.4. The first kappa shape index (κ1) is 11.1. The minimum Gasteiger partial charge on any atom is -0.481 e. The Morgan fingerprint density at radius 1 is 1.22 bits per heavy atom. The fourth-order valence-electron chi connectivity index (χ4n) is 2.64. The van der Waals surface area contributed by atoms with Crippen molar-refractivity contribution in [3.05, 3.63) is 41.6 Å². The van der Waals surface area contributed by atoms with Crippen molar-refractivity contribution in [1.82, 2.24) is 4.98 Å². The van der Waals surface area contributed by atoms with Crippen molar-refractivity contribution in [2.75, 3.05) is 12.8 Å². The number of fused-ring (bicyclic) bond motifs is 1. The molecule has 0 radical (unpaired) electrons. The molecule has 2 aromatic rings. The highest BCUT2D eigenvalue weighted by Gasteiger charge is 2.16. The smallest absolute Gasteiger partial charge is 0.213 e. The van der Waals surface area contributed by atoms with Crippen molar-refractivity contribution in [3.63, 3.8) is 0 Å². The quantitative estimate of drug-likeness (QED) is 0.821. The van der Waals surface area contributed by atoms with Crippen LogP contribution >= 0.6 is 0 Å². The molecule has 1 aliphatic carbocycles. The van der Waals surface area contributed by atoms with E-state index < -0.39 is 0 Å². The molecule has 92 valence electrons. The van der Waals surface area contributed by atoms with Crippen LogP contribution in [-0.2, 0) is 12.8 Å². The monoisotopic (exact) mass is 240 g/mol. The van der Waals surface area contributed by atoms with E-state index in [1.54, 1.807) is 13.3 Å². The maximum atomic E-state index is 6.30. The number of anilines is 1. The number of pyridine rings is 1. The van der Waals surface area contributed by atoms with E-state index in [0.29, 0.717) is 5.88 Å². The van der Waals surface area contributed by atoms with Crippen LogP contribution in [0.5, 0.6) is 5.88 Å². The van der Waals surface area contributed by atoms with Crippen molar-refractivity contribution < 1.29 is 4.74 Å². The first-order chi connectivity index (χ1) is 8.79. The van der Waals surface area contributed by atoms with Crippen LogP contribution in [0.1, 0.15) is 17.5 Å². The maximum Gasteiger partial charge on any atom is 0.213 e. The van der Waals surface area contributed by atoms with Gasteiger partial charge in [0.25, 0.3) is 0 Å². The lowest BCUT2D eigenvalue weighted by Crippen LogP contribution is -1.97. The van der Waals surface area contributed by atoms with Gasteiger partial charge in [0.2, 0.25) is 5.88 Å². The van der Waals surface area contributed by atoms with E-state index in [9.17, 15) is 0 Å². The zero-order valence-electron chi connectivity index (χ0n) is 10.4. The Hall–Kier alpha value is -2.03. The molecular formula is C15H16N2O. The molecule has 3 rings (SSSR count). The summed E-state index contributed by atoms with van der Waals surface area (Å²) in [7, 11) is 1.62. The van der Waals surface area contributed by atoms with Gasteiger partial charge in [0, 0.05) is 23.5 Å².